The maximum Gasteiger partial charge on any atom is 0.223 e. The number of aromatic nitrogens is 2. The first-order valence-corrected chi connectivity index (χ1v) is 6.10. The lowest BCUT2D eigenvalue weighted by molar-refractivity contribution is 0.282. The highest BCUT2D eigenvalue weighted by Gasteiger charge is 2.39. The average molecular weight is 243 g/mol. The summed E-state index contributed by atoms with van der Waals surface area (Å²) in [6.45, 7) is 0. The Hall–Kier alpha value is -1.97. The molecule has 3 rings (SSSR count). The van der Waals surface area contributed by atoms with Crippen molar-refractivity contribution < 1.29 is 4.39 Å². The van der Waals surface area contributed by atoms with Crippen LogP contribution >= 0.6 is 0 Å². The molecule has 0 bridgehead atoms. The van der Waals surface area contributed by atoms with Crippen molar-refractivity contribution in [3.8, 4) is 0 Å². The van der Waals surface area contributed by atoms with E-state index in [1.165, 1.54) is 12.1 Å². The van der Waals surface area contributed by atoms with Gasteiger partial charge >= 0.3 is 0 Å². The van der Waals surface area contributed by atoms with Crippen LogP contribution in [0.5, 0.6) is 0 Å². The van der Waals surface area contributed by atoms with Crippen LogP contribution in [0.15, 0.2) is 42.7 Å². The monoisotopic (exact) mass is 243 g/mol. The molecule has 4 heteroatoms. The molecule has 1 heterocycles. The van der Waals surface area contributed by atoms with Gasteiger partial charge in [0.25, 0.3) is 0 Å². The van der Waals surface area contributed by atoms with E-state index >= 15 is 0 Å². The number of benzene rings is 1. The molecule has 1 saturated carbocycles. The molecule has 0 unspecified atom stereocenters. The molecule has 1 N–H and O–H groups in total. The number of halogens is 1. The molecule has 1 aliphatic carbocycles. The molecule has 0 atom stereocenters. The fourth-order valence-electron chi connectivity index (χ4n) is 2.36. The lowest BCUT2D eigenvalue weighted by Crippen LogP contribution is -2.42. The summed E-state index contributed by atoms with van der Waals surface area (Å²) < 4.78 is 13.0. The highest BCUT2D eigenvalue weighted by Crippen LogP contribution is 2.43. The molecule has 0 saturated heterocycles. The summed E-state index contributed by atoms with van der Waals surface area (Å²) in [7, 11) is 0. The zero-order valence-corrected chi connectivity index (χ0v) is 9.94. The van der Waals surface area contributed by atoms with Gasteiger partial charge in [-0.25, -0.2) is 14.4 Å². The second kappa shape index (κ2) is 4.37. The van der Waals surface area contributed by atoms with Crippen LogP contribution < -0.4 is 5.32 Å². The SMILES string of the molecule is Fc1ccc(C2(Nc3ncccn3)CCC2)cc1. The van der Waals surface area contributed by atoms with Crippen LogP contribution in [0, 0.1) is 5.82 Å². The highest BCUT2D eigenvalue weighted by molar-refractivity contribution is 5.39. The standard InChI is InChI=1S/C14H14FN3/c15-12-5-3-11(4-6-12)14(7-1-8-14)18-13-16-9-2-10-17-13/h2-6,9-10H,1,7-8H2,(H,16,17,18). The van der Waals surface area contributed by atoms with Crippen molar-refractivity contribution in [2.45, 2.75) is 24.8 Å². The van der Waals surface area contributed by atoms with Crippen LogP contribution in [-0.2, 0) is 5.54 Å². The first-order chi connectivity index (χ1) is 8.78. The molecular formula is C14H14FN3. The van der Waals surface area contributed by atoms with Gasteiger partial charge in [0.15, 0.2) is 0 Å². The van der Waals surface area contributed by atoms with Crippen LogP contribution in [0.25, 0.3) is 0 Å². The van der Waals surface area contributed by atoms with Crippen molar-refractivity contribution in [2.75, 3.05) is 5.32 Å². The Kier molecular flexibility index (Phi) is 2.70. The van der Waals surface area contributed by atoms with Crippen LogP contribution in [0.3, 0.4) is 0 Å². The molecule has 92 valence electrons. The highest BCUT2D eigenvalue weighted by atomic mass is 19.1. The van der Waals surface area contributed by atoms with Crippen molar-refractivity contribution in [3.05, 3.63) is 54.1 Å². The summed E-state index contributed by atoms with van der Waals surface area (Å²) in [5.74, 6) is 0.422. The minimum absolute atomic E-state index is 0.130. The van der Waals surface area contributed by atoms with E-state index in [-0.39, 0.29) is 11.4 Å². The van der Waals surface area contributed by atoms with E-state index in [0.717, 1.165) is 24.8 Å². The predicted octanol–water partition coefficient (Wildman–Crippen LogP) is 3.11. The summed E-state index contributed by atoms with van der Waals surface area (Å²) in [5, 5.41) is 3.38. The minimum atomic E-state index is -0.204. The van der Waals surface area contributed by atoms with Crippen LogP contribution in [0.2, 0.25) is 0 Å². The first kappa shape index (κ1) is 11.1. The summed E-state index contributed by atoms with van der Waals surface area (Å²) >= 11 is 0. The molecule has 1 aromatic heterocycles. The zero-order valence-electron chi connectivity index (χ0n) is 9.94. The van der Waals surface area contributed by atoms with Gasteiger partial charge in [0.2, 0.25) is 5.95 Å². The average Bonchev–Trinajstić information content (AvgIpc) is 2.36. The normalized spacial score (nSPS) is 16.9. The van der Waals surface area contributed by atoms with Crippen LogP contribution in [0.4, 0.5) is 10.3 Å². The Bertz CT molecular complexity index is 520. The fraction of sp³-hybridized carbons (Fsp3) is 0.286. The van der Waals surface area contributed by atoms with E-state index < -0.39 is 0 Å². The minimum Gasteiger partial charge on any atom is -0.345 e. The van der Waals surface area contributed by atoms with Gasteiger partial charge in [0.05, 0.1) is 5.54 Å². The second-order valence-corrected chi connectivity index (χ2v) is 4.64. The zero-order chi connectivity index (χ0) is 12.4. The molecule has 18 heavy (non-hydrogen) atoms. The smallest absolute Gasteiger partial charge is 0.223 e. The van der Waals surface area contributed by atoms with Crippen molar-refractivity contribution in [3.63, 3.8) is 0 Å². The molecule has 0 amide bonds. The molecule has 1 aliphatic rings. The van der Waals surface area contributed by atoms with E-state index in [4.69, 9.17) is 0 Å². The van der Waals surface area contributed by atoms with E-state index in [1.807, 2.05) is 12.1 Å². The van der Waals surface area contributed by atoms with E-state index in [0.29, 0.717) is 5.95 Å². The molecule has 3 nitrogen and oxygen atoms in total. The van der Waals surface area contributed by atoms with Crippen LogP contribution in [-0.4, -0.2) is 9.97 Å². The third kappa shape index (κ3) is 1.94. The van der Waals surface area contributed by atoms with Crippen molar-refractivity contribution in [1.29, 1.82) is 0 Å². The van der Waals surface area contributed by atoms with Gasteiger partial charge in [0.1, 0.15) is 5.82 Å². The van der Waals surface area contributed by atoms with Gasteiger partial charge in [-0.3, -0.25) is 0 Å². The largest absolute Gasteiger partial charge is 0.345 e. The summed E-state index contributed by atoms with van der Waals surface area (Å²) in [4.78, 5) is 8.38. The molecule has 0 radical (unpaired) electrons. The number of hydrogen-bond acceptors (Lipinski definition) is 3. The van der Waals surface area contributed by atoms with Gasteiger partial charge in [-0.15, -0.1) is 0 Å². The number of nitrogens with one attached hydrogen (secondary N) is 1. The number of rotatable bonds is 3. The third-order valence-electron chi connectivity index (χ3n) is 3.52. The second-order valence-electron chi connectivity index (χ2n) is 4.64. The Labute approximate surface area is 105 Å². The van der Waals surface area contributed by atoms with Gasteiger partial charge in [-0.1, -0.05) is 12.1 Å². The Morgan fingerprint density at radius 1 is 1.06 bits per heavy atom. The Balaban J connectivity index is 1.88. The predicted molar refractivity (Wildman–Crippen MR) is 67.6 cm³/mol. The number of hydrogen-bond donors (Lipinski definition) is 1. The van der Waals surface area contributed by atoms with Crippen molar-refractivity contribution >= 4 is 5.95 Å². The van der Waals surface area contributed by atoms with Crippen molar-refractivity contribution in [2.24, 2.45) is 0 Å². The molecule has 0 spiro atoms. The molecule has 1 aromatic carbocycles. The number of anilines is 1. The van der Waals surface area contributed by atoms with E-state index in [1.54, 1.807) is 18.5 Å². The van der Waals surface area contributed by atoms with Gasteiger partial charge < -0.3 is 5.32 Å². The summed E-state index contributed by atoms with van der Waals surface area (Å²) in [6, 6.07) is 8.47. The lowest BCUT2D eigenvalue weighted by atomic mass is 9.72. The van der Waals surface area contributed by atoms with Gasteiger partial charge in [-0.2, -0.15) is 0 Å². The maximum atomic E-state index is 13.0. The molecular weight excluding hydrogens is 229 g/mol. The quantitative estimate of drug-likeness (QED) is 0.900. The fourth-order valence-corrected chi connectivity index (χ4v) is 2.36. The molecule has 2 aromatic rings. The molecule has 1 fully saturated rings. The topological polar surface area (TPSA) is 37.8 Å². The summed E-state index contributed by atoms with van der Waals surface area (Å²) in [5.41, 5.74) is 0.970. The van der Waals surface area contributed by atoms with Gasteiger partial charge in [0, 0.05) is 12.4 Å². The van der Waals surface area contributed by atoms with Crippen LogP contribution in [0.1, 0.15) is 24.8 Å². The van der Waals surface area contributed by atoms with Gasteiger partial charge in [-0.05, 0) is 43.0 Å². The third-order valence-corrected chi connectivity index (χ3v) is 3.52. The lowest BCUT2D eigenvalue weighted by Gasteiger charge is -2.43. The van der Waals surface area contributed by atoms with E-state index in [2.05, 4.69) is 15.3 Å². The Morgan fingerprint density at radius 2 is 1.72 bits per heavy atom. The van der Waals surface area contributed by atoms with E-state index in [9.17, 15) is 4.39 Å². The Morgan fingerprint density at radius 3 is 2.28 bits per heavy atom. The van der Waals surface area contributed by atoms with Crippen molar-refractivity contribution in [1.82, 2.24) is 9.97 Å². The molecule has 0 aliphatic heterocycles. The first-order valence-electron chi connectivity index (χ1n) is 6.10. The number of nitrogens with zero attached hydrogens (tertiary/aromatic N) is 2. The maximum absolute atomic E-state index is 13.0. The summed E-state index contributed by atoms with van der Waals surface area (Å²) in [6.07, 6.45) is 6.64.